The molecule has 7 heteroatoms. The van der Waals surface area contributed by atoms with Crippen LogP contribution in [0.1, 0.15) is 42.4 Å². The van der Waals surface area contributed by atoms with Gasteiger partial charge in [0.15, 0.2) is 11.5 Å². The number of unbranched alkanes of at least 4 members (excludes halogenated alkanes) is 2. The van der Waals surface area contributed by atoms with E-state index >= 15 is 0 Å². The highest BCUT2D eigenvalue weighted by atomic mass is 16.7. The van der Waals surface area contributed by atoms with Gasteiger partial charge in [-0.25, -0.2) is 9.97 Å². The monoisotopic (exact) mass is 342 g/mol. The van der Waals surface area contributed by atoms with Gasteiger partial charge in [-0.2, -0.15) is 0 Å². The molecule has 3 rings (SSSR count). The molecule has 1 aromatic carbocycles. The Morgan fingerprint density at radius 3 is 2.84 bits per heavy atom. The molecular formula is C18H22N4O3. The van der Waals surface area contributed by atoms with Gasteiger partial charge in [-0.15, -0.1) is 0 Å². The van der Waals surface area contributed by atoms with Crippen LogP contribution in [0, 0.1) is 6.92 Å². The van der Waals surface area contributed by atoms with E-state index in [9.17, 15) is 4.79 Å². The van der Waals surface area contributed by atoms with Crippen LogP contribution in [-0.2, 0) is 0 Å². The summed E-state index contributed by atoms with van der Waals surface area (Å²) in [6.07, 6.45) is 3.18. The van der Waals surface area contributed by atoms with Crippen molar-refractivity contribution in [1.82, 2.24) is 15.3 Å². The lowest BCUT2D eigenvalue weighted by Gasteiger charge is -2.09. The van der Waals surface area contributed by atoms with Gasteiger partial charge >= 0.3 is 0 Å². The fraction of sp³-hybridized carbons (Fsp3) is 0.389. The summed E-state index contributed by atoms with van der Waals surface area (Å²) in [6.45, 7) is 4.84. The van der Waals surface area contributed by atoms with Crippen molar-refractivity contribution in [3.63, 3.8) is 0 Å². The molecule has 1 aliphatic heterocycles. The zero-order chi connectivity index (χ0) is 17.6. The molecule has 0 aliphatic carbocycles. The molecule has 25 heavy (non-hydrogen) atoms. The van der Waals surface area contributed by atoms with Gasteiger partial charge in [0.1, 0.15) is 5.69 Å². The Morgan fingerprint density at radius 1 is 1.16 bits per heavy atom. The fourth-order valence-corrected chi connectivity index (χ4v) is 2.51. The van der Waals surface area contributed by atoms with Crippen LogP contribution in [0.2, 0.25) is 0 Å². The highest BCUT2D eigenvalue weighted by Crippen LogP contribution is 2.34. The van der Waals surface area contributed by atoms with Crippen molar-refractivity contribution >= 4 is 17.5 Å². The molecule has 2 N–H and O–H groups in total. The predicted molar refractivity (Wildman–Crippen MR) is 94.5 cm³/mol. The third-order valence-electron chi connectivity index (χ3n) is 3.78. The van der Waals surface area contributed by atoms with E-state index in [1.165, 1.54) is 0 Å². The van der Waals surface area contributed by atoms with Crippen LogP contribution in [0.3, 0.4) is 0 Å². The maximum atomic E-state index is 12.3. The average molecular weight is 342 g/mol. The van der Waals surface area contributed by atoms with E-state index in [0.29, 0.717) is 29.7 Å². The topological polar surface area (TPSA) is 85.4 Å². The second-order valence-electron chi connectivity index (χ2n) is 5.87. The Kier molecular flexibility index (Phi) is 5.33. The van der Waals surface area contributed by atoms with Gasteiger partial charge in [-0.05, 0) is 31.5 Å². The van der Waals surface area contributed by atoms with E-state index in [-0.39, 0.29) is 12.7 Å². The van der Waals surface area contributed by atoms with Crippen LogP contribution in [0.4, 0.5) is 11.6 Å². The summed E-state index contributed by atoms with van der Waals surface area (Å²) in [5.41, 5.74) is 1.84. The number of benzene rings is 1. The molecule has 1 aromatic heterocycles. The number of ether oxygens (including phenoxy) is 2. The molecule has 2 aromatic rings. The summed E-state index contributed by atoms with van der Waals surface area (Å²) in [6, 6.07) is 7.17. The molecule has 0 spiro atoms. The SMILES string of the molecule is CCCCCNC(=O)c1cc(C)nc(Nc2ccc3c(c2)OCO3)n1. The maximum Gasteiger partial charge on any atom is 0.270 e. The number of nitrogens with zero attached hydrogens (tertiary/aromatic N) is 2. The molecule has 0 fully saturated rings. The standard InChI is InChI=1S/C18H22N4O3/c1-3-4-5-8-19-17(23)14-9-12(2)20-18(22-14)21-13-6-7-15-16(10-13)25-11-24-15/h6-7,9-10H,3-5,8,11H2,1-2H3,(H,19,23)(H,20,21,22). The predicted octanol–water partition coefficient (Wildman–Crippen LogP) is 3.18. The van der Waals surface area contributed by atoms with Crippen LogP contribution in [0.25, 0.3) is 0 Å². The molecule has 1 aliphatic rings. The quantitative estimate of drug-likeness (QED) is 0.752. The van der Waals surface area contributed by atoms with Gasteiger partial charge < -0.3 is 20.1 Å². The average Bonchev–Trinajstić information content (AvgIpc) is 3.06. The number of hydrogen-bond acceptors (Lipinski definition) is 6. The first kappa shape index (κ1) is 17.0. The van der Waals surface area contributed by atoms with Gasteiger partial charge in [0.25, 0.3) is 5.91 Å². The summed E-state index contributed by atoms with van der Waals surface area (Å²) in [4.78, 5) is 20.9. The van der Waals surface area contributed by atoms with Crippen molar-refractivity contribution < 1.29 is 14.3 Å². The lowest BCUT2D eigenvalue weighted by Crippen LogP contribution is -2.25. The number of hydrogen-bond donors (Lipinski definition) is 2. The highest BCUT2D eigenvalue weighted by molar-refractivity contribution is 5.92. The van der Waals surface area contributed by atoms with E-state index < -0.39 is 0 Å². The van der Waals surface area contributed by atoms with Crippen LogP contribution in [-0.4, -0.2) is 29.2 Å². The van der Waals surface area contributed by atoms with E-state index in [1.807, 2.05) is 25.1 Å². The second kappa shape index (κ2) is 7.83. The number of aryl methyl sites for hydroxylation is 1. The smallest absolute Gasteiger partial charge is 0.270 e. The lowest BCUT2D eigenvalue weighted by molar-refractivity contribution is 0.0948. The number of amides is 1. The van der Waals surface area contributed by atoms with Crippen molar-refractivity contribution in [2.75, 3.05) is 18.7 Å². The third-order valence-corrected chi connectivity index (χ3v) is 3.78. The van der Waals surface area contributed by atoms with Gasteiger partial charge in [0, 0.05) is 24.0 Å². The van der Waals surface area contributed by atoms with Crippen molar-refractivity contribution in [3.8, 4) is 11.5 Å². The van der Waals surface area contributed by atoms with E-state index in [2.05, 4.69) is 27.5 Å². The molecule has 2 heterocycles. The molecule has 0 atom stereocenters. The third kappa shape index (κ3) is 4.37. The first-order chi connectivity index (χ1) is 12.2. The van der Waals surface area contributed by atoms with Crippen LogP contribution in [0.5, 0.6) is 11.5 Å². The number of carbonyl (C=O) groups excluding carboxylic acids is 1. The lowest BCUT2D eigenvalue weighted by atomic mass is 10.2. The van der Waals surface area contributed by atoms with E-state index in [4.69, 9.17) is 9.47 Å². The Hall–Kier alpha value is -2.83. The molecule has 1 amide bonds. The van der Waals surface area contributed by atoms with Crippen molar-refractivity contribution in [2.45, 2.75) is 33.1 Å². The summed E-state index contributed by atoms with van der Waals surface area (Å²) < 4.78 is 10.7. The normalized spacial score (nSPS) is 12.1. The Bertz CT molecular complexity index is 764. The van der Waals surface area contributed by atoms with E-state index in [0.717, 1.165) is 30.6 Å². The van der Waals surface area contributed by atoms with E-state index in [1.54, 1.807) is 6.07 Å². The number of anilines is 2. The fourth-order valence-electron chi connectivity index (χ4n) is 2.51. The molecule has 0 saturated heterocycles. The summed E-state index contributed by atoms with van der Waals surface area (Å²) in [7, 11) is 0. The van der Waals surface area contributed by atoms with Crippen LogP contribution < -0.4 is 20.1 Å². The Balaban J connectivity index is 1.69. The highest BCUT2D eigenvalue weighted by Gasteiger charge is 2.14. The van der Waals surface area contributed by atoms with Crippen LogP contribution >= 0.6 is 0 Å². The molecular weight excluding hydrogens is 320 g/mol. The number of carbonyl (C=O) groups is 1. The molecule has 0 saturated carbocycles. The Labute approximate surface area is 146 Å². The zero-order valence-electron chi connectivity index (χ0n) is 14.5. The van der Waals surface area contributed by atoms with Gasteiger partial charge in [0.05, 0.1) is 0 Å². The summed E-state index contributed by atoms with van der Waals surface area (Å²) >= 11 is 0. The Morgan fingerprint density at radius 2 is 2.00 bits per heavy atom. The molecule has 0 radical (unpaired) electrons. The number of fused-ring (bicyclic) bond motifs is 1. The largest absolute Gasteiger partial charge is 0.454 e. The van der Waals surface area contributed by atoms with Crippen molar-refractivity contribution in [2.24, 2.45) is 0 Å². The minimum Gasteiger partial charge on any atom is -0.454 e. The van der Waals surface area contributed by atoms with Gasteiger partial charge in [-0.1, -0.05) is 19.8 Å². The number of nitrogens with one attached hydrogen (secondary N) is 2. The van der Waals surface area contributed by atoms with Gasteiger partial charge in [-0.3, -0.25) is 4.79 Å². The molecule has 0 bridgehead atoms. The zero-order valence-corrected chi connectivity index (χ0v) is 14.5. The summed E-state index contributed by atoms with van der Waals surface area (Å²) in [5, 5.41) is 6.00. The minimum atomic E-state index is -0.185. The number of rotatable bonds is 7. The minimum absolute atomic E-state index is 0.185. The van der Waals surface area contributed by atoms with Gasteiger partial charge in [0.2, 0.25) is 12.7 Å². The van der Waals surface area contributed by atoms with Crippen molar-refractivity contribution in [1.29, 1.82) is 0 Å². The molecule has 132 valence electrons. The molecule has 0 unspecified atom stereocenters. The molecule has 7 nitrogen and oxygen atoms in total. The number of aromatic nitrogens is 2. The van der Waals surface area contributed by atoms with Crippen molar-refractivity contribution in [3.05, 3.63) is 35.7 Å². The van der Waals surface area contributed by atoms with Crippen LogP contribution in [0.15, 0.2) is 24.3 Å². The first-order valence-electron chi connectivity index (χ1n) is 8.46. The first-order valence-corrected chi connectivity index (χ1v) is 8.46. The maximum absolute atomic E-state index is 12.3. The summed E-state index contributed by atoms with van der Waals surface area (Å²) in [5.74, 6) is 1.57. The second-order valence-corrected chi connectivity index (χ2v) is 5.87.